The quantitative estimate of drug-likeness (QED) is 0.145. The molecule has 2 aromatic carbocycles. The summed E-state index contributed by atoms with van der Waals surface area (Å²) >= 11 is 1.78. The van der Waals surface area contributed by atoms with Gasteiger partial charge in [0, 0.05) is 23.5 Å². The molecule has 4 aromatic heterocycles. The van der Waals surface area contributed by atoms with Gasteiger partial charge in [-0.25, -0.2) is 27.7 Å². The summed E-state index contributed by atoms with van der Waals surface area (Å²) in [6.07, 6.45) is 6.99. The van der Waals surface area contributed by atoms with Crippen LogP contribution in [0.4, 0.5) is 0 Å². The maximum atomic E-state index is 12.4. The molecule has 256 valence electrons. The largest absolute Gasteiger partial charge is 0.497 e. The zero-order valence-electron chi connectivity index (χ0n) is 28.3. The van der Waals surface area contributed by atoms with E-state index in [0.29, 0.717) is 5.82 Å². The minimum absolute atomic E-state index is 0. The molecule has 0 fully saturated rings. The summed E-state index contributed by atoms with van der Waals surface area (Å²) in [5, 5.41) is 8.93. The molecule has 0 amide bonds. The number of hydrogen-bond acceptors (Lipinski definition) is 9. The second-order valence-corrected chi connectivity index (χ2v) is 14.1. The van der Waals surface area contributed by atoms with Gasteiger partial charge in [-0.15, -0.1) is 11.8 Å². The first kappa shape index (κ1) is 36.8. The predicted octanol–water partition coefficient (Wildman–Crippen LogP) is 6.58. The molecule has 13 heteroatoms. The van der Waals surface area contributed by atoms with Crippen molar-refractivity contribution in [3.63, 3.8) is 0 Å². The Morgan fingerprint density at radius 1 is 0.694 bits per heavy atom. The van der Waals surface area contributed by atoms with Crippen molar-refractivity contribution in [2.45, 2.75) is 37.5 Å². The van der Waals surface area contributed by atoms with Gasteiger partial charge in [0.1, 0.15) is 16.4 Å². The van der Waals surface area contributed by atoms with E-state index in [1.807, 2.05) is 78.6 Å². The molecule has 0 bridgehead atoms. The van der Waals surface area contributed by atoms with Crippen molar-refractivity contribution >= 4 is 21.6 Å². The minimum Gasteiger partial charge on any atom is -0.497 e. The number of methoxy groups -OCH3 is 2. The molecule has 0 aliphatic heterocycles. The topological polar surface area (TPSA) is 146 Å². The molecular formula is C36H40N6O5S2. The van der Waals surface area contributed by atoms with Crippen LogP contribution in [0, 0.1) is 13.8 Å². The molecular weight excluding hydrogens is 661 g/mol. The van der Waals surface area contributed by atoms with Crippen LogP contribution in [0.25, 0.3) is 33.9 Å². The van der Waals surface area contributed by atoms with Crippen LogP contribution >= 0.6 is 11.8 Å². The number of nitrogens with zero attached hydrogens (tertiary/aromatic N) is 6. The van der Waals surface area contributed by atoms with E-state index in [2.05, 4.69) is 40.1 Å². The number of thioether (sulfide) groups is 1. The van der Waals surface area contributed by atoms with Gasteiger partial charge in [-0.2, -0.15) is 10.2 Å². The van der Waals surface area contributed by atoms with Crippen molar-refractivity contribution in [2.75, 3.05) is 25.7 Å². The van der Waals surface area contributed by atoms with E-state index in [1.54, 1.807) is 62.1 Å². The first-order valence-electron chi connectivity index (χ1n) is 15.4. The highest BCUT2D eigenvalue weighted by atomic mass is 32.2. The van der Waals surface area contributed by atoms with Gasteiger partial charge in [-0.1, -0.05) is 38.1 Å². The van der Waals surface area contributed by atoms with Gasteiger partial charge in [0.25, 0.3) is 0 Å². The maximum absolute atomic E-state index is 12.4. The number of aromatic nitrogens is 6. The fourth-order valence-corrected chi connectivity index (χ4v) is 6.87. The Morgan fingerprint density at radius 2 is 1.16 bits per heavy atom. The molecule has 0 saturated heterocycles. The van der Waals surface area contributed by atoms with E-state index in [1.165, 1.54) is 0 Å². The molecule has 0 radical (unpaired) electrons. The lowest BCUT2D eigenvalue weighted by Crippen LogP contribution is -2.12. The standard InChI is InChI=1S/C18H19N3O3S.C18H19N3OS.H2O/c1-4-25(22,23)17-6-5-11-19-18(17)21-13(2)16(12-20-21)14-7-9-15(24-3)10-8-14;1-4-23-17-6-5-11-19-18(17)21-13(2)16(12-20-21)14-7-9-15(22-3)10-8-14;/h5-12H,4H2,1-3H3;5-12H,4H2,1-3H3;1H2. The van der Waals surface area contributed by atoms with E-state index in [-0.39, 0.29) is 16.1 Å². The third-order valence-corrected chi connectivity index (χ3v) is 10.4. The average Bonchev–Trinajstić information content (AvgIpc) is 3.70. The maximum Gasteiger partial charge on any atom is 0.181 e. The van der Waals surface area contributed by atoms with E-state index >= 15 is 0 Å². The van der Waals surface area contributed by atoms with Crippen molar-refractivity contribution in [3.05, 3.63) is 109 Å². The number of pyridine rings is 2. The smallest absolute Gasteiger partial charge is 0.181 e. The first-order valence-corrected chi connectivity index (χ1v) is 18.0. The Balaban J connectivity index is 0.000000217. The molecule has 0 spiro atoms. The molecule has 0 saturated carbocycles. The summed E-state index contributed by atoms with van der Waals surface area (Å²) in [6.45, 7) is 7.72. The lowest BCUT2D eigenvalue weighted by atomic mass is 10.1. The number of hydrogen-bond donors (Lipinski definition) is 0. The number of rotatable bonds is 10. The molecule has 0 aliphatic carbocycles. The van der Waals surface area contributed by atoms with Crippen molar-refractivity contribution in [1.29, 1.82) is 0 Å². The zero-order chi connectivity index (χ0) is 34.3. The van der Waals surface area contributed by atoms with Crippen molar-refractivity contribution < 1.29 is 23.4 Å². The third kappa shape index (κ3) is 8.02. The molecule has 6 aromatic rings. The molecule has 11 nitrogen and oxygen atoms in total. The monoisotopic (exact) mass is 700 g/mol. The highest BCUT2D eigenvalue weighted by Gasteiger charge is 2.21. The summed E-state index contributed by atoms with van der Waals surface area (Å²) in [7, 11) is -0.105. The fourth-order valence-electron chi connectivity index (χ4n) is 5.10. The third-order valence-electron chi connectivity index (χ3n) is 7.74. The lowest BCUT2D eigenvalue weighted by Gasteiger charge is -2.10. The minimum atomic E-state index is -3.40. The number of ether oxygens (including phenoxy) is 2. The molecule has 6 rings (SSSR count). The van der Waals surface area contributed by atoms with E-state index in [4.69, 9.17) is 9.47 Å². The summed E-state index contributed by atoms with van der Waals surface area (Å²) in [4.78, 5) is 10.1. The van der Waals surface area contributed by atoms with Crippen LogP contribution < -0.4 is 9.47 Å². The molecule has 49 heavy (non-hydrogen) atoms. The van der Waals surface area contributed by atoms with Gasteiger partial charge in [0.2, 0.25) is 0 Å². The van der Waals surface area contributed by atoms with Crippen LogP contribution in [0.1, 0.15) is 25.2 Å². The Labute approximate surface area is 291 Å². The second-order valence-electron chi connectivity index (χ2n) is 10.6. The van der Waals surface area contributed by atoms with Gasteiger partial charge in [-0.3, -0.25) is 0 Å². The number of sulfone groups is 1. The van der Waals surface area contributed by atoms with Gasteiger partial charge in [-0.05, 0) is 79.3 Å². The SMILES string of the molecule is CCS(=O)(=O)c1cccnc1-n1ncc(-c2ccc(OC)cc2)c1C.CCSc1cccnc1-n1ncc(-c2ccc(OC)cc2)c1C.O. The van der Waals surface area contributed by atoms with Crippen LogP contribution in [0.2, 0.25) is 0 Å². The van der Waals surface area contributed by atoms with Gasteiger partial charge in [0.15, 0.2) is 21.5 Å². The van der Waals surface area contributed by atoms with Crippen LogP contribution in [0.5, 0.6) is 11.5 Å². The van der Waals surface area contributed by atoms with Gasteiger partial charge >= 0.3 is 0 Å². The van der Waals surface area contributed by atoms with Crippen molar-refractivity contribution in [1.82, 2.24) is 29.5 Å². The van der Waals surface area contributed by atoms with Crippen LogP contribution in [-0.4, -0.2) is 69.1 Å². The normalized spacial score (nSPS) is 10.9. The Bertz CT molecular complexity index is 2090. The van der Waals surface area contributed by atoms with Crippen LogP contribution in [0.15, 0.2) is 107 Å². The van der Waals surface area contributed by atoms with Crippen molar-refractivity contribution in [2.24, 2.45) is 0 Å². The summed E-state index contributed by atoms with van der Waals surface area (Å²) < 4.78 is 38.6. The predicted molar refractivity (Wildman–Crippen MR) is 194 cm³/mol. The number of benzene rings is 2. The van der Waals surface area contributed by atoms with E-state index in [0.717, 1.165) is 61.6 Å². The van der Waals surface area contributed by atoms with E-state index < -0.39 is 9.84 Å². The highest BCUT2D eigenvalue weighted by Crippen LogP contribution is 2.30. The highest BCUT2D eigenvalue weighted by molar-refractivity contribution is 7.99. The summed E-state index contributed by atoms with van der Waals surface area (Å²) in [6, 6.07) is 22.9. The van der Waals surface area contributed by atoms with Crippen molar-refractivity contribution in [3.8, 4) is 45.4 Å². The summed E-state index contributed by atoms with van der Waals surface area (Å²) in [5.74, 6) is 3.85. The van der Waals surface area contributed by atoms with E-state index in [9.17, 15) is 8.42 Å². The van der Waals surface area contributed by atoms with Crippen LogP contribution in [0.3, 0.4) is 0 Å². The molecule has 0 atom stereocenters. The van der Waals surface area contributed by atoms with Crippen LogP contribution in [-0.2, 0) is 9.84 Å². The molecule has 0 unspecified atom stereocenters. The molecule has 0 aliphatic rings. The lowest BCUT2D eigenvalue weighted by molar-refractivity contribution is 0.415. The first-order chi connectivity index (χ1) is 23.2. The summed E-state index contributed by atoms with van der Waals surface area (Å²) in [5.41, 5.74) is 6.00. The average molecular weight is 701 g/mol. The second kappa shape index (κ2) is 16.4. The van der Waals surface area contributed by atoms with Gasteiger partial charge in [0.05, 0.1) is 48.6 Å². The zero-order valence-corrected chi connectivity index (χ0v) is 29.9. The molecule has 2 N–H and O–H groups in total. The fraction of sp³-hybridized carbons (Fsp3) is 0.222. The Kier molecular flexibility index (Phi) is 12.3. The molecule has 4 heterocycles. The Morgan fingerprint density at radius 3 is 1.63 bits per heavy atom. The Hall–Kier alpha value is -4.98. The van der Waals surface area contributed by atoms with Gasteiger partial charge < -0.3 is 14.9 Å².